The number of hydrogen-bond donors (Lipinski definition) is 2. The van der Waals surface area contributed by atoms with Crippen LogP contribution in [-0.4, -0.2) is 16.1 Å². The van der Waals surface area contributed by atoms with Gasteiger partial charge in [-0.25, -0.2) is 0 Å². The van der Waals surface area contributed by atoms with Crippen LogP contribution in [0.2, 0.25) is 0 Å². The number of anilines is 1. The number of nitrogen functional groups attached to an aromatic ring is 1. The molecule has 16 heavy (non-hydrogen) atoms. The van der Waals surface area contributed by atoms with Crippen molar-refractivity contribution in [2.45, 2.75) is 32.1 Å². The summed E-state index contributed by atoms with van der Waals surface area (Å²) in [6.45, 7) is 6.58. The van der Waals surface area contributed by atoms with Crippen LogP contribution in [0.4, 0.5) is 5.69 Å². The fraction of sp³-hybridized carbons (Fsp3) is 0.538. The van der Waals surface area contributed by atoms with Crippen LogP contribution in [0.5, 0.6) is 0 Å². The SMILES string of the molecule is CC(C)C(C)SCC(O)c1ccccc1N. The summed E-state index contributed by atoms with van der Waals surface area (Å²) in [5, 5.41) is 10.6. The van der Waals surface area contributed by atoms with Crippen molar-refractivity contribution < 1.29 is 5.11 Å². The molecule has 0 spiro atoms. The highest BCUT2D eigenvalue weighted by Gasteiger charge is 2.14. The summed E-state index contributed by atoms with van der Waals surface area (Å²) in [6.07, 6.45) is -0.465. The lowest BCUT2D eigenvalue weighted by molar-refractivity contribution is 0.204. The van der Waals surface area contributed by atoms with E-state index in [0.29, 0.717) is 22.6 Å². The highest BCUT2D eigenvalue weighted by Crippen LogP contribution is 2.27. The van der Waals surface area contributed by atoms with Gasteiger partial charge in [-0.05, 0) is 12.0 Å². The fourth-order valence-electron chi connectivity index (χ4n) is 1.34. The highest BCUT2D eigenvalue weighted by atomic mass is 32.2. The maximum Gasteiger partial charge on any atom is 0.0900 e. The molecule has 0 fully saturated rings. The lowest BCUT2D eigenvalue weighted by Gasteiger charge is -2.18. The summed E-state index contributed by atoms with van der Waals surface area (Å²) in [5.74, 6) is 1.33. The number of rotatable bonds is 5. The zero-order valence-electron chi connectivity index (χ0n) is 10.2. The fourth-order valence-corrected chi connectivity index (χ4v) is 2.39. The Kier molecular flexibility index (Phi) is 5.16. The average molecular weight is 239 g/mol. The molecule has 2 nitrogen and oxygen atoms in total. The number of hydrogen-bond acceptors (Lipinski definition) is 3. The number of aliphatic hydroxyl groups excluding tert-OH is 1. The molecule has 0 aliphatic heterocycles. The van der Waals surface area contributed by atoms with Crippen molar-refractivity contribution in [3.8, 4) is 0 Å². The molecule has 3 heteroatoms. The summed E-state index contributed by atoms with van der Waals surface area (Å²) in [7, 11) is 0. The summed E-state index contributed by atoms with van der Waals surface area (Å²) in [4.78, 5) is 0. The van der Waals surface area contributed by atoms with Gasteiger partial charge in [0.1, 0.15) is 0 Å². The van der Waals surface area contributed by atoms with E-state index in [1.165, 1.54) is 0 Å². The monoisotopic (exact) mass is 239 g/mol. The largest absolute Gasteiger partial charge is 0.398 e. The van der Waals surface area contributed by atoms with Gasteiger partial charge < -0.3 is 10.8 Å². The molecule has 90 valence electrons. The summed E-state index contributed by atoms with van der Waals surface area (Å²) in [6, 6.07) is 7.51. The zero-order chi connectivity index (χ0) is 12.1. The van der Waals surface area contributed by atoms with E-state index < -0.39 is 6.10 Å². The second-order valence-corrected chi connectivity index (χ2v) is 5.84. The molecular weight excluding hydrogens is 218 g/mol. The molecule has 0 heterocycles. The lowest BCUT2D eigenvalue weighted by Crippen LogP contribution is -2.11. The van der Waals surface area contributed by atoms with Crippen molar-refractivity contribution in [3.05, 3.63) is 29.8 Å². The van der Waals surface area contributed by atoms with E-state index in [1.54, 1.807) is 11.8 Å². The first-order valence-electron chi connectivity index (χ1n) is 5.66. The van der Waals surface area contributed by atoms with Crippen LogP contribution in [0.1, 0.15) is 32.4 Å². The van der Waals surface area contributed by atoms with Crippen LogP contribution in [0, 0.1) is 5.92 Å². The van der Waals surface area contributed by atoms with Gasteiger partial charge in [0.15, 0.2) is 0 Å². The Bertz CT molecular complexity index is 327. The Balaban J connectivity index is 2.53. The molecular formula is C13H21NOS. The van der Waals surface area contributed by atoms with E-state index in [2.05, 4.69) is 20.8 Å². The molecule has 0 aromatic heterocycles. The van der Waals surface area contributed by atoms with E-state index in [9.17, 15) is 5.11 Å². The predicted molar refractivity (Wildman–Crippen MR) is 72.6 cm³/mol. The van der Waals surface area contributed by atoms with E-state index in [-0.39, 0.29) is 0 Å². The minimum atomic E-state index is -0.465. The minimum Gasteiger partial charge on any atom is -0.398 e. The Morgan fingerprint density at radius 1 is 1.25 bits per heavy atom. The van der Waals surface area contributed by atoms with Gasteiger partial charge in [-0.3, -0.25) is 0 Å². The summed E-state index contributed by atoms with van der Waals surface area (Å²) < 4.78 is 0. The maximum absolute atomic E-state index is 10.0. The molecule has 3 N–H and O–H groups in total. The number of thioether (sulfide) groups is 1. The van der Waals surface area contributed by atoms with Crippen LogP contribution < -0.4 is 5.73 Å². The predicted octanol–water partition coefficient (Wildman–Crippen LogP) is 3.08. The Morgan fingerprint density at radius 3 is 2.44 bits per heavy atom. The summed E-state index contributed by atoms with van der Waals surface area (Å²) >= 11 is 1.79. The first-order chi connectivity index (χ1) is 7.52. The smallest absolute Gasteiger partial charge is 0.0900 e. The van der Waals surface area contributed by atoms with Crippen molar-refractivity contribution in [2.75, 3.05) is 11.5 Å². The third kappa shape index (κ3) is 3.72. The third-order valence-electron chi connectivity index (χ3n) is 2.81. The van der Waals surface area contributed by atoms with Gasteiger partial charge in [-0.1, -0.05) is 39.0 Å². The maximum atomic E-state index is 10.0. The molecule has 0 aliphatic carbocycles. The molecule has 0 radical (unpaired) electrons. The minimum absolute atomic E-state index is 0.465. The molecule has 0 saturated heterocycles. The van der Waals surface area contributed by atoms with E-state index in [4.69, 9.17) is 5.73 Å². The van der Waals surface area contributed by atoms with Gasteiger partial charge in [-0.2, -0.15) is 11.8 Å². The molecule has 2 unspecified atom stereocenters. The normalized spacial score (nSPS) is 15.1. The molecule has 0 aliphatic rings. The van der Waals surface area contributed by atoms with Crippen molar-refractivity contribution in [2.24, 2.45) is 5.92 Å². The van der Waals surface area contributed by atoms with Crippen LogP contribution in [0.3, 0.4) is 0 Å². The van der Waals surface area contributed by atoms with Crippen LogP contribution >= 0.6 is 11.8 Å². The Hall–Kier alpha value is -0.670. The van der Waals surface area contributed by atoms with Gasteiger partial charge >= 0.3 is 0 Å². The molecule has 0 bridgehead atoms. The zero-order valence-corrected chi connectivity index (χ0v) is 11.0. The topological polar surface area (TPSA) is 46.2 Å². The number of para-hydroxylation sites is 1. The van der Waals surface area contributed by atoms with Gasteiger partial charge in [-0.15, -0.1) is 0 Å². The Labute approximate surface area is 102 Å². The Morgan fingerprint density at radius 2 is 1.88 bits per heavy atom. The van der Waals surface area contributed by atoms with E-state index >= 15 is 0 Å². The standard InChI is InChI=1S/C13H21NOS/c1-9(2)10(3)16-8-13(15)11-6-4-5-7-12(11)14/h4-7,9-10,13,15H,8,14H2,1-3H3. The average Bonchev–Trinajstić information content (AvgIpc) is 2.25. The van der Waals surface area contributed by atoms with Crippen molar-refractivity contribution in [3.63, 3.8) is 0 Å². The van der Waals surface area contributed by atoms with Crippen LogP contribution in [0.25, 0.3) is 0 Å². The van der Waals surface area contributed by atoms with Gasteiger partial charge in [0.25, 0.3) is 0 Å². The van der Waals surface area contributed by atoms with Crippen molar-refractivity contribution in [1.29, 1.82) is 0 Å². The van der Waals surface area contributed by atoms with E-state index in [0.717, 1.165) is 5.56 Å². The first kappa shape index (κ1) is 13.4. The lowest BCUT2D eigenvalue weighted by atomic mass is 10.1. The second-order valence-electron chi connectivity index (χ2n) is 4.43. The highest BCUT2D eigenvalue weighted by molar-refractivity contribution is 7.99. The third-order valence-corrected chi connectivity index (χ3v) is 4.39. The molecule has 0 saturated carbocycles. The van der Waals surface area contributed by atoms with Gasteiger partial charge in [0, 0.05) is 22.3 Å². The van der Waals surface area contributed by atoms with Crippen molar-refractivity contribution >= 4 is 17.4 Å². The van der Waals surface area contributed by atoms with Gasteiger partial charge in [0.2, 0.25) is 0 Å². The number of benzene rings is 1. The molecule has 1 rings (SSSR count). The van der Waals surface area contributed by atoms with Crippen LogP contribution in [0.15, 0.2) is 24.3 Å². The van der Waals surface area contributed by atoms with Gasteiger partial charge in [0.05, 0.1) is 6.10 Å². The number of nitrogens with two attached hydrogens (primary N) is 1. The summed E-state index contributed by atoms with van der Waals surface area (Å²) in [5.41, 5.74) is 7.33. The quantitative estimate of drug-likeness (QED) is 0.776. The first-order valence-corrected chi connectivity index (χ1v) is 6.71. The molecule has 1 aromatic rings. The number of aliphatic hydroxyl groups is 1. The van der Waals surface area contributed by atoms with E-state index in [1.807, 2.05) is 24.3 Å². The van der Waals surface area contributed by atoms with Crippen LogP contribution in [-0.2, 0) is 0 Å². The molecule has 1 aromatic carbocycles. The molecule has 2 atom stereocenters. The molecule has 0 amide bonds. The van der Waals surface area contributed by atoms with Crippen molar-refractivity contribution in [1.82, 2.24) is 0 Å². The second kappa shape index (κ2) is 6.16.